The van der Waals surface area contributed by atoms with Crippen molar-refractivity contribution in [1.29, 1.82) is 0 Å². The number of aliphatic hydroxyl groups is 1. The van der Waals surface area contributed by atoms with Gasteiger partial charge in [-0.05, 0) is 32.9 Å². The van der Waals surface area contributed by atoms with Crippen LogP contribution >= 0.6 is 0 Å². The Morgan fingerprint density at radius 1 is 1.50 bits per heavy atom. The molecule has 1 aliphatic heterocycles. The molecule has 5 heteroatoms. The van der Waals surface area contributed by atoms with Crippen LogP contribution in [-0.2, 0) is 4.79 Å². The first-order valence-electron chi connectivity index (χ1n) is 6.13. The number of aliphatic hydroxyl groups excluding tert-OH is 1. The normalized spacial score (nSPS) is 20.4. The van der Waals surface area contributed by atoms with E-state index in [-0.39, 0.29) is 5.91 Å². The predicted molar refractivity (Wildman–Crippen MR) is 69.3 cm³/mol. The van der Waals surface area contributed by atoms with Gasteiger partial charge >= 0.3 is 0 Å². The van der Waals surface area contributed by atoms with Gasteiger partial charge in [0.2, 0.25) is 5.91 Å². The number of carbonyl (C=O) groups excluding carboxylic acids is 1. The second kappa shape index (κ2) is 4.57. The molecule has 1 saturated heterocycles. The van der Waals surface area contributed by atoms with Crippen LogP contribution in [0.1, 0.15) is 32.6 Å². The summed E-state index contributed by atoms with van der Waals surface area (Å²) < 4.78 is 0. The molecule has 1 fully saturated rings. The van der Waals surface area contributed by atoms with Gasteiger partial charge in [0.05, 0.1) is 23.7 Å². The van der Waals surface area contributed by atoms with E-state index in [9.17, 15) is 9.90 Å². The number of aromatic nitrogens is 1. The summed E-state index contributed by atoms with van der Waals surface area (Å²) in [4.78, 5) is 18.1. The SMILES string of the molecule is C[C@H](O)c1ccc(N2CCNC(=O)C2(C)C)cn1. The molecule has 0 saturated carbocycles. The van der Waals surface area contributed by atoms with Crippen LogP contribution in [0.4, 0.5) is 5.69 Å². The van der Waals surface area contributed by atoms with Gasteiger partial charge in [-0.3, -0.25) is 9.78 Å². The summed E-state index contributed by atoms with van der Waals surface area (Å²) in [6.45, 7) is 6.86. The molecular weight excluding hydrogens is 230 g/mol. The largest absolute Gasteiger partial charge is 0.387 e. The summed E-state index contributed by atoms with van der Waals surface area (Å²) in [6, 6.07) is 3.69. The van der Waals surface area contributed by atoms with Crippen molar-refractivity contribution >= 4 is 11.6 Å². The molecule has 1 aliphatic rings. The Balaban J connectivity index is 2.27. The summed E-state index contributed by atoms with van der Waals surface area (Å²) in [6.07, 6.45) is 1.14. The van der Waals surface area contributed by atoms with Gasteiger partial charge in [0.15, 0.2) is 0 Å². The third kappa shape index (κ3) is 2.18. The van der Waals surface area contributed by atoms with Crippen molar-refractivity contribution < 1.29 is 9.90 Å². The van der Waals surface area contributed by atoms with E-state index in [2.05, 4.69) is 10.3 Å². The van der Waals surface area contributed by atoms with Crippen molar-refractivity contribution in [1.82, 2.24) is 10.3 Å². The highest BCUT2D eigenvalue weighted by Crippen LogP contribution is 2.26. The van der Waals surface area contributed by atoms with Gasteiger partial charge in [-0.1, -0.05) is 0 Å². The first-order chi connectivity index (χ1) is 8.43. The lowest BCUT2D eigenvalue weighted by molar-refractivity contribution is -0.126. The van der Waals surface area contributed by atoms with E-state index in [1.165, 1.54) is 0 Å². The zero-order valence-electron chi connectivity index (χ0n) is 11.0. The molecule has 2 N–H and O–H groups in total. The molecule has 1 amide bonds. The van der Waals surface area contributed by atoms with Crippen molar-refractivity contribution in [2.45, 2.75) is 32.4 Å². The van der Waals surface area contributed by atoms with Crippen molar-refractivity contribution in [2.24, 2.45) is 0 Å². The van der Waals surface area contributed by atoms with E-state index < -0.39 is 11.6 Å². The van der Waals surface area contributed by atoms with Crippen LogP contribution in [0.5, 0.6) is 0 Å². The Bertz CT molecular complexity index is 440. The van der Waals surface area contributed by atoms with E-state index >= 15 is 0 Å². The maximum absolute atomic E-state index is 11.9. The molecule has 0 aromatic carbocycles. The van der Waals surface area contributed by atoms with Crippen molar-refractivity contribution in [2.75, 3.05) is 18.0 Å². The molecule has 18 heavy (non-hydrogen) atoms. The average Bonchev–Trinajstić information content (AvgIpc) is 2.33. The molecule has 0 aliphatic carbocycles. The van der Waals surface area contributed by atoms with Crippen LogP contribution in [-0.4, -0.2) is 34.6 Å². The minimum atomic E-state index is -0.577. The maximum atomic E-state index is 11.9. The summed E-state index contributed by atoms with van der Waals surface area (Å²) >= 11 is 0. The van der Waals surface area contributed by atoms with Gasteiger partial charge in [0, 0.05) is 13.1 Å². The summed E-state index contributed by atoms with van der Waals surface area (Å²) in [5.74, 6) is 0.0216. The number of piperazine rings is 1. The molecular formula is C13H19N3O2. The zero-order valence-corrected chi connectivity index (χ0v) is 11.0. The molecule has 2 heterocycles. The average molecular weight is 249 g/mol. The van der Waals surface area contributed by atoms with Crippen LogP contribution in [0, 0.1) is 0 Å². The molecule has 0 unspecified atom stereocenters. The lowest BCUT2D eigenvalue weighted by Gasteiger charge is -2.42. The predicted octanol–water partition coefficient (Wildman–Crippen LogP) is 0.850. The summed E-state index contributed by atoms with van der Waals surface area (Å²) in [5, 5.41) is 12.3. The molecule has 0 spiro atoms. The Morgan fingerprint density at radius 3 is 2.78 bits per heavy atom. The number of carbonyl (C=O) groups is 1. The van der Waals surface area contributed by atoms with Crippen LogP contribution in [0.15, 0.2) is 18.3 Å². The highest BCUT2D eigenvalue weighted by Gasteiger charge is 2.37. The second-order valence-corrected chi connectivity index (χ2v) is 5.08. The van der Waals surface area contributed by atoms with Gasteiger partial charge < -0.3 is 15.3 Å². The topological polar surface area (TPSA) is 65.5 Å². The van der Waals surface area contributed by atoms with Gasteiger partial charge in [0.1, 0.15) is 5.54 Å². The number of hydrogen-bond donors (Lipinski definition) is 2. The van der Waals surface area contributed by atoms with Gasteiger partial charge in [-0.15, -0.1) is 0 Å². The number of amides is 1. The number of pyridine rings is 1. The lowest BCUT2D eigenvalue weighted by Crippen LogP contribution is -2.62. The summed E-state index contributed by atoms with van der Waals surface area (Å²) in [7, 11) is 0. The van der Waals surface area contributed by atoms with E-state index in [1.54, 1.807) is 19.2 Å². The fourth-order valence-electron chi connectivity index (χ4n) is 2.16. The van der Waals surface area contributed by atoms with Crippen molar-refractivity contribution in [3.05, 3.63) is 24.0 Å². The van der Waals surface area contributed by atoms with Crippen LogP contribution in [0.3, 0.4) is 0 Å². The standard InChI is InChI=1S/C13H19N3O2/c1-9(17)11-5-4-10(8-15-11)16-7-6-14-12(18)13(16,2)3/h4-5,8-9,17H,6-7H2,1-3H3,(H,14,18)/t9-/m0/s1. The third-order valence-electron chi connectivity index (χ3n) is 3.36. The van der Waals surface area contributed by atoms with E-state index in [0.29, 0.717) is 12.2 Å². The van der Waals surface area contributed by atoms with E-state index in [4.69, 9.17) is 0 Å². The number of anilines is 1. The van der Waals surface area contributed by atoms with Gasteiger partial charge in [-0.2, -0.15) is 0 Å². The number of hydrogen-bond acceptors (Lipinski definition) is 4. The highest BCUT2D eigenvalue weighted by atomic mass is 16.3. The molecule has 2 rings (SSSR count). The fourth-order valence-corrected chi connectivity index (χ4v) is 2.16. The van der Waals surface area contributed by atoms with Crippen molar-refractivity contribution in [3.63, 3.8) is 0 Å². The lowest BCUT2D eigenvalue weighted by atomic mass is 9.98. The Labute approximate surface area is 107 Å². The minimum absolute atomic E-state index is 0.0216. The van der Waals surface area contributed by atoms with Gasteiger partial charge in [-0.25, -0.2) is 0 Å². The number of nitrogens with zero attached hydrogens (tertiary/aromatic N) is 2. The zero-order chi connectivity index (χ0) is 13.3. The second-order valence-electron chi connectivity index (χ2n) is 5.08. The molecule has 1 atom stereocenters. The summed E-state index contributed by atoms with van der Waals surface area (Å²) in [5.41, 5.74) is 0.962. The number of nitrogens with one attached hydrogen (secondary N) is 1. The molecule has 1 aromatic rings. The maximum Gasteiger partial charge on any atom is 0.245 e. The third-order valence-corrected chi connectivity index (χ3v) is 3.36. The molecule has 1 aromatic heterocycles. The quantitative estimate of drug-likeness (QED) is 0.815. The van der Waals surface area contributed by atoms with E-state index in [1.807, 2.05) is 24.8 Å². The number of rotatable bonds is 2. The van der Waals surface area contributed by atoms with Crippen molar-refractivity contribution in [3.8, 4) is 0 Å². The van der Waals surface area contributed by atoms with Crippen LogP contribution in [0.2, 0.25) is 0 Å². The van der Waals surface area contributed by atoms with Crippen LogP contribution in [0.25, 0.3) is 0 Å². The Kier molecular flexibility index (Phi) is 3.26. The monoisotopic (exact) mass is 249 g/mol. The molecule has 0 bridgehead atoms. The molecule has 5 nitrogen and oxygen atoms in total. The molecule has 0 radical (unpaired) electrons. The smallest absolute Gasteiger partial charge is 0.245 e. The highest BCUT2D eigenvalue weighted by molar-refractivity contribution is 5.90. The molecule has 98 valence electrons. The Morgan fingerprint density at radius 2 is 2.22 bits per heavy atom. The fraction of sp³-hybridized carbons (Fsp3) is 0.538. The minimum Gasteiger partial charge on any atom is -0.387 e. The van der Waals surface area contributed by atoms with E-state index in [0.717, 1.165) is 12.2 Å². The first-order valence-corrected chi connectivity index (χ1v) is 6.13. The first kappa shape index (κ1) is 12.8. The van der Waals surface area contributed by atoms with Crippen LogP contribution < -0.4 is 10.2 Å². The Hall–Kier alpha value is -1.62. The van der Waals surface area contributed by atoms with Gasteiger partial charge in [0.25, 0.3) is 0 Å².